The predicted octanol–water partition coefficient (Wildman–Crippen LogP) is 6.70. The number of carbonyl (C=O) groups excluding carboxylic acids is 1. The zero-order valence-electron chi connectivity index (χ0n) is 23.0. The molecular weight excluding hydrogens is 765 g/mol. The van der Waals surface area contributed by atoms with Crippen LogP contribution in [0.5, 0.6) is 5.75 Å². The van der Waals surface area contributed by atoms with Gasteiger partial charge in [-0.2, -0.15) is 18.4 Å². The molecule has 0 spiro atoms. The van der Waals surface area contributed by atoms with Crippen molar-refractivity contribution in [3.8, 4) is 11.8 Å². The number of benzene rings is 3. The van der Waals surface area contributed by atoms with Gasteiger partial charge < -0.3 is 9.47 Å². The van der Waals surface area contributed by atoms with Crippen LogP contribution in [0.2, 0.25) is 10.0 Å². The van der Waals surface area contributed by atoms with E-state index in [1.807, 2.05) is 22.6 Å². The highest BCUT2D eigenvalue weighted by atomic mass is 127. The second-order valence-electron chi connectivity index (χ2n) is 9.52. The molecular formula is C31H19Cl2F3IN3O4S. The Labute approximate surface area is 281 Å². The number of allylic oxidation sites excluding steroid dienone is 1. The molecule has 1 atom stereocenters. The number of alkyl halides is 3. The average molecular weight is 784 g/mol. The number of fused-ring (bicyclic) bond motifs is 1. The first-order valence-corrected chi connectivity index (χ1v) is 15.7. The van der Waals surface area contributed by atoms with Crippen molar-refractivity contribution in [2.75, 3.05) is 6.61 Å². The molecule has 0 N–H and O–H groups in total. The summed E-state index contributed by atoms with van der Waals surface area (Å²) in [4.78, 5) is 30.5. The molecule has 4 aromatic rings. The highest BCUT2D eigenvalue weighted by molar-refractivity contribution is 14.1. The molecule has 0 saturated carbocycles. The topological polar surface area (TPSA) is 93.7 Å². The lowest BCUT2D eigenvalue weighted by atomic mass is 9.95. The smallest absolute Gasteiger partial charge is 0.434 e. The van der Waals surface area contributed by atoms with Crippen LogP contribution < -0.4 is 19.6 Å². The predicted molar refractivity (Wildman–Crippen MR) is 172 cm³/mol. The molecule has 1 aliphatic rings. The Morgan fingerprint density at radius 1 is 1.13 bits per heavy atom. The molecule has 3 aromatic carbocycles. The summed E-state index contributed by atoms with van der Waals surface area (Å²) in [6, 6.07) is 16.4. The van der Waals surface area contributed by atoms with Crippen LogP contribution in [0.1, 0.15) is 35.2 Å². The van der Waals surface area contributed by atoms with Crippen molar-refractivity contribution in [3.05, 3.63) is 127 Å². The number of halogens is 6. The van der Waals surface area contributed by atoms with Gasteiger partial charge in [-0.05, 0) is 83.1 Å². The number of carbonyl (C=O) groups is 1. The zero-order valence-corrected chi connectivity index (χ0v) is 27.5. The van der Waals surface area contributed by atoms with Gasteiger partial charge in [0.2, 0.25) is 0 Å². The minimum atomic E-state index is -5.03. The number of rotatable bonds is 7. The van der Waals surface area contributed by atoms with E-state index in [0.29, 0.717) is 30.5 Å². The summed E-state index contributed by atoms with van der Waals surface area (Å²) < 4.78 is 56.0. The lowest BCUT2D eigenvalue weighted by Gasteiger charge is -2.26. The van der Waals surface area contributed by atoms with Gasteiger partial charge in [0, 0.05) is 15.6 Å². The first-order chi connectivity index (χ1) is 21.4. The van der Waals surface area contributed by atoms with E-state index in [9.17, 15) is 22.8 Å². The molecule has 0 amide bonds. The fraction of sp³-hybridized carbons (Fsp3) is 0.161. The highest BCUT2D eigenvalue weighted by Gasteiger charge is 2.45. The summed E-state index contributed by atoms with van der Waals surface area (Å²) in [5, 5.41) is 9.71. The molecule has 7 nitrogen and oxygen atoms in total. The summed E-state index contributed by atoms with van der Waals surface area (Å²) >= 11 is 15.1. The molecule has 14 heteroatoms. The number of ether oxygens (including phenoxy) is 2. The van der Waals surface area contributed by atoms with Gasteiger partial charge in [-0.1, -0.05) is 58.8 Å². The molecule has 45 heavy (non-hydrogen) atoms. The van der Waals surface area contributed by atoms with Crippen LogP contribution in [0.15, 0.2) is 81.7 Å². The average Bonchev–Trinajstić information content (AvgIpc) is 3.30. The number of hydrogen-bond acceptors (Lipinski definition) is 7. The molecule has 0 bridgehead atoms. The summed E-state index contributed by atoms with van der Waals surface area (Å²) in [5.41, 5.74) is -1.07. The van der Waals surface area contributed by atoms with Crippen molar-refractivity contribution < 1.29 is 27.4 Å². The summed E-state index contributed by atoms with van der Waals surface area (Å²) in [6.07, 6.45) is -3.57. The van der Waals surface area contributed by atoms with Crippen molar-refractivity contribution in [1.82, 2.24) is 4.57 Å². The molecule has 0 unspecified atom stereocenters. The fourth-order valence-electron chi connectivity index (χ4n) is 4.61. The SMILES string of the molecule is CCOC(=O)C1=C(C(F)(F)F)N=c2s/c(=C\c3cc(Cl)cc(I)c3OCc3ccc(C#N)cc3)c(=O)n2[C@@H]1c1ccc(Cl)cc1. The standard InChI is InChI=1S/C31H19Cl2F3IN3O4S/c1-2-43-29(42)24-25(18-7-9-20(32)10-8-18)40-28(41)23(45-30(40)39-27(24)31(34,35)36)12-19-11-21(33)13-22(37)26(19)44-15-17-5-3-16(14-38)4-6-17/h3-13,25H,2,15H2,1H3/b23-12-/t25-/m1/s1. The van der Waals surface area contributed by atoms with Crippen LogP contribution >= 0.6 is 57.1 Å². The normalized spacial score (nSPS) is 14.9. The third-order valence-corrected chi connectivity index (χ3v) is 8.83. The first-order valence-electron chi connectivity index (χ1n) is 13.1. The monoisotopic (exact) mass is 783 g/mol. The van der Waals surface area contributed by atoms with Crippen molar-refractivity contribution in [1.29, 1.82) is 5.26 Å². The van der Waals surface area contributed by atoms with Gasteiger partial charge in [0.05, 0.1) is 38.0 Å². The van der Waals surface area contributed by atoms with E-state index in [0.717, 1.165) is 21.5 Å². The maximum absolute atomic E-state index is 14.4. The highest BCUT2D eigenvalue weighted by Crippen LogP contribution is 2.38. The van der Waals surface area contributed by atoms with E-state index in [1.165, 1.54) is 37.3 Å². The minimum Gasteiger partial charge on any atom is -0.487 e. The molecule has 2 heterocycles. The van der Waals surface area contributed by atoms with Gasteiger partial charge in [0.15, 0.2) is 10.5 Å². The Kier molecular flexibility index (Phi) is 9.74. The van der Waals surface area contributed by atoms with Gasteiger partial charge in [-0.3, -0.25) is 9.36 Å². The maximum Gasteiger partial charge on any atom is 0.434 e. The van der Waals surface area contributed by atoms with Crippen molar-refractivity contribution in [2.45, 2.75) is 25.7 Å². The van der Waals surface area contributed by atoms with Crippen LogP contribution in [-0.2, 0) is 16.1 Å². The quantitative estimate of drug-likeness (QED) is 0.154. The Morgan fingerprint density at radius 2 is 1.82 bits per heavy atom. The Balaban J connectivity index is 1.69. The molecule has 1 aliphatic heterocycles. The molecule has 0 radical (unpaired) electrons. The van der Waals surface area contributed by atoms with E-state index in [4.69, 9.17) is 37.9 Å². The Bertz CT molecular complexity index is 2050. The molecule has 5 rings (SSSR count). The molecule has 0 aliphatic carbocycles. The van der Waals surface area contributed by atoms with Gasteiger partial charge in [0.1, 0.15) is 12.4 Å². The lowest BCUT2D eigenvalue weighted by Crippen LogP contribution is -2.41. The van der Waals surface area contributed by atoms with E-state index in [-0.39, 0.29) is 28.1 Å². The number of aromatic nitrogens is 1. The number of hydrogen-bond donors (Lipinski definition) is 0. The van der Waals surface area contributed by atoms with Crippen LogP contribution in [0.25, 0.3) is 6.08 Å². The minimum absolute atomic E-state index is 0.0284. The summed E-state index contributed by atoms with van der Waals surface area (Å²) in [7, 11) is 0. The van der Waals surface area contributed by atoms with Crippen molar-refractivity contribution in [2.24, 2.45) is 4.99 Å². The Morgan fingerprint density at radius 3 is 2.44 bits per heavy atom. The van der Waals surface area contributed by atoms with Crippen LogP contribution in [-0.4, -0.2) is 23.3 Å². The molecule has 0 fully saturated rings. The van der Waals surface area contributed by atoms with Gasteiger partial charge in [-0.25, -0.2) is 9.79 Å². The largest absolute Gasteiger partial charge is 0.487 e. The first kappa shape index (κ1) is 32.7. The maximum atomic E-state index is 14.4. The van der Waals surface area contributed by atoms with Crippen molar-refractivity contribution >= 4 is 69.2 Å². The number of thiazole rings is 1. The van der Waals surface area contributed by atoms with Crippen LogP contribution in [0, 0.1) is 14.9 Å². The van der Waals surface area contributed by atoms with Gasteiger partial charge in [0.25, 0.3) is 5.56 Å². The summed E-state index contributed by atoms with van der Waals surface area (Å²) in [5.74, 6) is -0.863. The number of nitriles is 1. The molecule has 230 valence electrons. The molecule has 1 aromatic heterocycles. The third kappa shape index (κ3) is 6.96. The zero-order chi connectivity index (χ0) is 32.5. The fourth-order valence-corrected chi connectivity index (χ4v) is 6.94. The number of esters is 1. The van der Waals surface area contributed by atoms with E-state index < -0.39 is 35.0 Å². The summed E-state index contributed by atoms with van der Waals surface area (Å²) in [6.45, 7) is 1.40. The third-order valence-electron chi connectivity index (χ3n) is 6.57. The second-order valence-corrected chi connectivity index (χ2v) is 12.6. The number of nitrogens with zero attached hydrogens (tertiary/aromatic N) is 3. The second kappa shape index (κ2) is 13.4. The van der Waals surface area contributed by atoms with E-state index in [1.54, 1.807) is 36.4 Å². The van der Waals surface area contributed by atoms with Crippen LogP contribution in [0.4, 0.5) is 13.2 Å². The van der Waals surface area contributed by atoms with Gasteiger partial charge >= 0.3 is 12.1 Å². The van der Waals surface area contributed by atoms with Gasteiger partial charge in [-0.15, -0.1) is 0 Å². The lowest BCUT2D eigenvalue weighted by molar-refractivity contribution is -0.140. The van der Waals surface area contributed by atoms with E-state index in [2.05, 4.69) is 11.1 Å². The van der Waals surface area contributed by atoms with E-state index >= 15 is 0 Å². The van der Waals surface area contributed by atoms with Crippen molar-refractivity contribution in [3.63, 3.8) is 0 Å². The molecule has 0 saturated heterocycles. The van der Waals surface area contributed by atoms with Crippen LogP contribution in [0.3, 0.4) is 0 Å². The Hall–Kier alpha value is -3.64.